The molecule has 3 aromatic carbocycles. The van der Waals surface area contributed by atoms with E-state index in [-0.39, 0.29) is 33.6 Å². The topological polar surface area (TPSA) is 104 Å². The standard InChI is InChI=1S/C36H39F3N4O2S2/c1-35(2)14-8-15-36(3,22-9-6-5-7-10-22)34(40)43-33(41-4)25-18-23(11-12-26(25)37)47-32-24(13-16-46-20-35)28-21(17-27(44)45)19-42-31(28)29(38)30(32)39/h5-7,9-12,18-19,42H,8,13-17,20H2,1-4H3,(H,44,45)(H2,40,41,43)/t36-/m1/s1. The van der Waals surface area contributed by atoms with Gasteiger partial charge >= 0.3 is 5.97 Å². The molecule has 4 N–H and O–H groups in total. The maximum atomic E-state index is 15.9. The number of aliphatic imine (C=N–C) groups is 2. The van der Waals surface area contributed by atoms with E-state index < -0.39 is 28.8 Å². The van der Waals surface area contributed by atoms with E-state index in [2.05, 4.69) is 23.8 Å². The van der Waals surface area contributed by atoms with Crippen molar-refractivity contribution in [2.75, 3.05) is 18.6 Å². The summed E-state index contributed by atoms with van der Waals surface area (Å²) in [4.78, 5) is 23.9. The van der Waals surface area contributed by atoms with Gasteiger partial charge in [-0.25, -0.2) is 18.2 Å². The average Bonchev–Trinajstić information content (AvgIpc) is 3.45. The average molecular weight is 681 g/mol. The van der Waals surface area contributed by atoms with Crippen LogP contribution >= 0.6 is 23.5 Å². The molecule has 0 fully saturated rings. The second-order valence-corrected chi connectivity index (χ2v) is 15.1. The van der Waals surface area contributed by atoms with Gasteiger partial charge in [-0.1, -0.05) is 62.4 Å². The number of nitrogens with two attached hydrogens (primary N) is 1. The van der Waals surface area contributed by atoms with Crippen molar-refractivity contribution < 1.29 is 23.1 Å². The Hall–Kier alpha value is -3.70. The highest BCUT2D eigenvalue weighted by Crippen LogP contribution is 2.42. The van der Waals surface area contributed by atoms with Crippen LogP contribution in [0.15, 0.2) is 74.5 Å². The van der Waals surface area contributed by atoms with E-state index >= 15 is 13.2 Å². The summed E-state index contributed by atoms with van der Waals surface area (Å²) in [6.07, 6.45) is 3.93. The smallest absolute Gasteiger partial charge is 0.307 e. The van der Waals surface area contributed by atoms with E-state index in [0.717, 1.165) is 35.9 Å². The minimum atomic E-state index is -1.09. The number of rotatable bonds is 3. The molecular weight excluding hydrogens is 642 g/mol. The summed E-state index contributed by atoms with van der Waals surface area (Å²) in [6, 6.07) is 14.2. The lowest BCUT2D eigenvalue weighted by atomic mass is 9.75. The number of aromatic nitrogens is 1. The molecule has 1 aliphatic heterocycles. The third-order valence-corrected chi connectivity index (χ3v) is 11.4. The van der Waals surface area contributed by atoms with Crippen LogP contribution in [-0.4, -0.2) is 46.3 Å². The molecule has 0 amide bonds. The van der Waals surface area contributed by atoms with Crippen LogP contribution < -0.4 is 5.73 Å². The van der Waals surface area contributed by atoms with Crippen molar-refractivity contribution in [1.82, 2.24) is 4.98 Å². The number of amidine groups is 2. The molecule has 0 saturated carbocycles. The summed E-state index contributed by atoms with van der Waals surface area (Å²) in [7, 11) is 1.51. The maximum Gasteiger partial charge on any atom is 0.307 e. The number of thioether (sulfide) groups is 1. The number of hydrogen-bond acceptors (Lipinski definition) is 5. The zero-order chi connectivity index (χ0) is 33.9. The number of hydrogen-bond donors (Lipinski definition) is 3. The SMILES string of the molecule is CN=C1N=C(N)[C@@](C)(c2ccccc2)CCCC(C)(C)CSCCc2c(c(F)c(F)c3[nH]cc(CC(=O)O)c23)Sc2ccc(F)c1c2. The number of benzene rings is 3. The molecule has 2 bridgehead atoms. The molecule has 1 aliphatic rings. The quantitative estimate of drug-likeness (QED) is 0.201. The second kappa shape index (κ2) is 14.2. The van der Waals surface area contributed by atoms with Gasteiger partial charge in [-0.05, 0) is 78.0 Å². The summed E-state index contributed by atoms with van der Waals surface area (Å²) in [5.41, 5.74) is 7.99. The number of fused-ring (bicyclic) bond motifs is 5. The lowest BCUT2D eigenvalue weighted by molar-refractivity contribution is -0.136. The molecule has 0 unspecified atom stereocenters. The molecule has 0 aliphatic carbocycles. The second-order valence-electron chi connectivity index (χ2n) is 12.9. The van der Waals surface area contributed by atoms with Crippen LogP contribution in [0.1, 0.15) is 62.3 Å². The van der Waals surface area contributed by atoms with Crippen LogP contribution in [-0.2, 0) is 23.1 Å². The number of carboxylic acids is 1. The van der Waals surface area contributed by atoms with Crippen LogP contribution in [0.2, 0.25) is 0 Å². The van der Waals surface area contributed by atoms with Crippen molar-refractivity contribution >= 4 is 52.1 Å². The molecule has 5 rings (SSSR count). The van der Waals surface area contributed by atoms with Crippen molar-refractivity contribution in [2.24, 2.45) is 21.1 Å². The van der Waals surface area contributed by atoms with E-state index in [1.165, 1.54) is 31.4 Å². The van der Waals surface area contributed by atoms with E-state index in [4.69, 9.17) is 10.7 Å². The summed E-state index contributed by atoms with van der Waals surface area (Å²) >= 11 is 2.69. The van der Waals surface area contributed by atoms with E-state index in [9.17, 15) is 9.90 Å². The molecule has 4 aromatic rings. The Morgan fingerprint density at radius 3 is 2.53 bits per heavy atom. The van der Waals surface area contributed by atoms with Crippen LogP contribution in [0.4, 0.5) is 13.2 Å². The highest BCUT2D eigenvalue weighted by atomic mass is 32.2. The predicted molar refractivity (Wildman–Crippen MR) is 187 cm³/mol. The predicted octanol–water partition coefficient (Wildman–Crippen LogP) is 8.54. The van der Waals surface area contributed by atoms with Gasteiger partial charge in [0.1, 0.15) is 11.7 Å². The van der Waals surface area contributed by atoms with Crippen LogP contribution in [0.3, 0.4) is 0 Å². The fourth-order valence-corrected chi connectivity index (χ4v) is 8.40. The summed E-state index contributed by atoms with van der Waals surface area (Å²) in [5.74, 6) is -1.97. The minimum absolute atomic E-state index is 0.0365. The minimum Gasteiger partial charge on any atom is -0.481 e. The van der Waals surface area contributed by atoms with E-state index in [1.54, 1.807) is 11.8 Å². The number of nitrogens with zero attached hydrogens (tertiary/aromatic N) is 2. The Bertz CT molecular complexity index is 1860. The number of aliphatic carboxylic acids is 1. The number of aromatic amines is 1. The molecule has 1 atom stereocenters. The molecule has 11 heteroatoms. The maximum absolute atomic E-state index is 15.9. The van der Waals surface area contributed by atoms with Gasteiger partial charge < -0.3 is 15.8 Å². The Balaban J connectivity index is 1.68. The molecule has 0 radical (unpaired) electrons. The molecule has 0 saturated heterocycles. The van der Waals surface area contributed by atoms with Gasteiger partial charge in [-0.2, -0.15) is 11.8 Å². The molecule has 0 spiro atoms. The first-order valence-corrected chi connectivity index (χ1v) is 17.5. The van der Waals surface area contributed by atoms with Crippen LogP contribution in [0.5, 0.6) is 0 Å². The molecule has 47 heavy (non-hydrogen) atoms. The van der Waals surface area contributed by atoms with Crippen molar-refractivity contribution in [3.05, 3.63) is 94.4 Å². The number of H-pyrrole nitrogens is 1. The molecular formula is C36H39F3N4O2S2. The van der Waals surface area contributed by atoms with E-state index in [1.807, 2.05) is 37.3 Å². The van der Waals surface area contributed by atoms with Crippen molar-refractivity contribution in [1.29, 1.82) is 0 Å². The zero-order valence-electron chi connectivity index (χ0n) is 26.9. The zero-order valence-corrected chi connectivity index (χ0v) is 28.6. The highest BCUT2D eigenvalue weighted by molar-refractivity contribution is 7.99. The van der Waals surface area contributed by atoms with Gasteiger partial charge in [0.15, 0.2) is 17.5 Å². The Labute approximate surface area is 281 Å². The van der Waals surface area contributed by atoms with Crippen LogP contribution in [0, 0.1) is 22.9 Å². The first kappa shape index (κ1) is 34.6. The van der Waals surface area contributed by atoms with Crippen molar-refractivity contribution in [3.8, 4) is 0 Å². The normalized spacial score (nSPS) is 20.3. The molecule has 2 heterocycles. The van der Waals surface area contributed by atoms with Gasteiger partial charge in [-0.3, -0.25) is 9.79 Å². The van der Waals surface area contributed by atoms with Crippen molar-refractivity contribution in [2.45, 2.75) is 68.1 Å². The summed E-state index contributed by atoms with van der Waals surface area (Å²) < 4.78 is 46.9. The first-order valence-electron chi connectivity index (χ1n) is 15.5. The first-order chi connectivity index (χ1) is 22.3. The van der Waals surface area contributed by atoms with Gasteiger partial charge in [-0.15, -0.1) is 0 Å². The van der Waals surface area contributed by atoms with Gasteiger partial charge in [0.2, 0.25) is 0 Å². The fourth-order valence-electron chi connectivity index (χ4n) is 6.15. The van der Waals surface area contributed by atoms with Crippen LogP contribution in [0.25, 0.3) is 10.9 Å². The monoisotopic (exact) mass is 680 g/mol. The van der Waals surface area contributed by atoms with E-state index in [0.29, 0.717) is 45.8 Å². The molecule has 248 valence electrons. The third kappa shape index (κ3) is 7.41. The van der Waals surface area contributed by atoms with Gasteiger partial charge in [0, 0.05) is 28.9 Å². The number of nitrogens with one attached hydrogen (secondary N) is 1. The largest absolute Gasteiger partial charge is 0.481 e. The molecule has 1 aromatic heterocycles. The summed E-state index contributed by atoms with van der Waals surface area (Å²) in [5, 5.41) is 9.93. The number of carbonyl (C=O) groups is 1. The lowest BCUT2D eigenvalue weighted by Crippen LogP contribution is -2.40. The van der Waals surface area contributed by atoms with Gasteiger partial charge in [0.25, 0.3) is 0 Å². The highest BCUT2D eigenvalue weighted by Gasteiger charge is 2.33. The summed E-state index contributed by atoms with van der Waals surface area (Å²) in [6.45, 7) is 6.47. The Kier molecular flexibility index (Phi) is 10.5. The number of halogens is 3. The number of carboxylic acid groups (broad SMARTS) is 1. The Morgan fingerprint density at radius 2 is 1.83 bits per heavy atom. The third-order valence-electron chi connectivity index (χ3n) is 8.82. The fraction of sp³-hybridized carbons (Fsp3) is 0.361. The molecule has 6 nitrogen and oxygen atoms in total. The number of aryl methyl sites for hydroxylation is 1. The lowest BCUT2D eigenvalue weighted by Gasteiger charge is -2.32. The van der Waals surface area contributed by atoms with Crippen molar-refractivity contribution in [3.63, 3.8) is 0 Å². The Morgan fingerprint density at radius 1 is 1.09 bits per heavy atom. The van der Waals surface area contributed by atoms with Gasteiger partial charge in [0.05, 0.1) is 22.4 Å².